The third kappa shape index (κ3) is 5.63. The fraction of sp³-hybridized carbons (Fsp3) is 0.379. The van der Waals surface area contributed by atoms with Crippen molar-refractivity contribution >= 4 is 28.6 Å². The Labute approximate surface area is 215 Å². The molecule has 8 heteroatoms. The van der Waals surface area contributed by atoms with Gasteiger partial charge in [-0.2, -0.15) is 0 Å². The van der Waals surface area contributed by atoms with Gasteiger partial charge in [0.25, 0.3) is 0 Å². The lowest BCUT2D eigenvalue weighted by atomic mass is 9.83. The molecule has 0 saturated heterocycles. The molecule has 0 aliphatic heterocycles. The number of hydrogen-bond donors (Lipinski definition) is 3. The maximum Gasteiger partial charge on any atom is 0.243 e. The average Bonchev–Trinajstić information content (AvgIpc) is 3.48. The van der Waals surface area contributed by atoms with E-state index in [0.717, 1.165) is 35.9 Å². The highest BCUT2D eigenvalue weighted by molar-refractivity contribution is 5.88. The van der Waals surface area contributed by atoms with Crippen molar-refractivity contribution < 1.29 is 18.8 Å². The van der Waals surface area contributed by atoms with E-state index in [1.54, 1.807) is 12.1 Å². The van der Waals surface area contributed by atoms with E-state index < -0.39 is 11.9 Å². The molecule has 2 aromatic carbocycles. The SMILES string of the molecule is CC(=O)NC(Cc1cccc(F)c1)C(=O)N[C@H]1[C@H]2CC[C@H](C2)[C@@H]1C(=O)NCc1ccc2ccccc2n1. The van der Waals surface area contributed by atoms with Crippen LogP contribution in [-0.2, 0) is 27.3 Å². The van der Waals surface area contributed by atoms with Crippen molar-refractivity contribution in [2.75, 3.05) is 0 Å². The molecule has 3 amide bonds. The smallest absolute Gasteiger partial charge is 0.243 e. The second kappa shape index (κ2) is 10.7. The van der Waals surface area contributed by atoms with Crippen LogP contribution in [-0.4, -0.2) is 34.8 Å². The molecule has 2 aliphatic carbocycles. The maximum atomic E-state index is 13.7. The van der Waals surface area contributed by atoms with Crippen molar-refractivity contribution in [2.45, 2.75) is 51.2 Å². The number of carbonyl (C=O) groups is 3. The van der Waals surface area contributed by atoms with E-state index in [0.29, 0.717) is 12.1 Å². The topological polar surface area (TPSA) is 100 Å². The van der Waals surface area contributed by atoms with Gasteiger partial charge in [-0.3, -0.25) is 19.4 Å². The molecule has 3 aromatic rings. The van der Waals surface area contributed by atoms with E-state index in [9.17, 15) is 18.8 Å². The molecule has 2 saturated carbocycles. The van der Waals surface area contributed by atoms with Gasteiger partial charge >= 0.3 is 0 Å². The molecule has 2 bridgehead atoms. The molecule has 37 heavy (non-hydrogen) atoms. The van der Waals surface area contributed by atoms with Gasteiger partial charge in [0.2, 0.25) is 17.7 Å². The number of para-hydroxylation sites is 1. The largest absolute Gasteiger partial charge is 0.350 e. The first kappa shape index (κ1) is 24.9. The predicted molar refractivity (Wildman–Crippen MR) is 138 cm³/mol. The Balaban J connectivity index is 1.26. The van der Waals surface area contributed by atoms with Gasteiger partial charge < -0.3 is 16.0 Å². The summed E-state index contributed by atoms with van der Waals surface area (Å²) < 4.78 is 13.7. The molecule has 1 heterocycles. The molecule has 2 fully saturated rings. The van der Waals surface area contributed by atoms with E-state index in [-0.39, 0.29) is 47.9 Å². The first-order valence-electron chi connectivity index (χ1n) is 12.8. The lowest BCUT2D eigenvalue weighted by Crippen LogP contribution is -2.55. The summed E-state index contributed by atoms with van der Waals surface area (Å²) in [5.41, 5.74) is 2.26. The Hall–Kier alpha value is -3.81. The summed E-state index contributed by atoms with van der Waals surface area (Å²) in [5.74, 6) is -1.10. The first-order chi connectivity index (χ1) is 17.9. The molecule has 5 atom stereocenters. The standard InChI is InChI=1S/C29H31FN4O3/c1-17(35)32-25(14-18-5-4-7-22(30)13-18)28(36)34-27-21-10-9-20(15-21)26(27)29(37)31-16-23-12-11-19-6-2-3-8-24(19)33-23/h2-8,11-13,20-21,25-27H,9-10,14-16H2,1H3,(H,31,37)(H,32,35)(H,34,36)/t20-,21+,25?,26+,27+/m1/s1. The van der Waals surface area contributed by atoms with E-state index in [1.165, 1.54) is 19.1 Å². The van der Waals surface area contributed by atoms with E-state index in [2.05, 4.69) is 20.9 Å². The van der Waals surface area contributed by atoms with Crippen LogP contribution in [0.3, 0.4) is 0 Å². The molecular weight excluding hydrogens is 471 g/mol. The average molecular weight is 503 g/mol. The van der Waals surface area contributed by atoms with Crippen LogP contribution in [0.5, 0.6) is 0 Å². The maximum absolute atomic E-state index is 13.7. The second-order valence-electron chi connectivity index (χ2n) is 10.2. The van der Waals surface area contributed by atoms with Crippen LogP contribution >= 0.6 is 0 Å². The predicted octanol–water partition coefficient (Wildman–Crippen LogP) is 3.27. The van der Waals surface area contributed by atoms with Gasteiger partial charge in [0.05, 0.1) is 23.7 Å². The quantitative estimate of drug-likeness (QED) is 0.440. The molecule has 1 unspecified atom stereocenters. The highest BCUT2D eigenvalue weighted by Gasteiger charge is 2.51. The monoisotopic (exact) mass is 502 g/mol. The van der Waals surface area contributed by atoms with Crippen molar-refractivity contribution in [2.24, 2.45) is 17.8 Å². The number of benzene rings is 2. The number of carbonyl (C=O) groups excluding carboxylic acids is 3. The Bertz CT molecular complexity index is 1330. The molecule has 2 aliphatic rings. The molecule has 0 radical (unpaired) electrons. The van der Waals surface area contributed by atoms with Crippen LogP contribution in [0.2, 0.25) is 0 Å². The molecule has 7 nitrogen and oxygen atoms in total. The van der Waals surface area contributed by atoms with Crippen molar-refractivity contribution in [3.63, 3.8) is 0 Å². The van der Waals surface area contributed by atoms with Crippen molar-refractivity contribution in [1.82, 2.24) is 20.9 Å². The number of nitrogens with zero attached hydrogens (tertiary/aromatic N) is 1. The number of rotatable bonds is 8. The minimum absolute atomic E-state index is 0.0892. The lowest BCUT2D eigenvalue weighted by Gasteiger charge is -2.32. The summed E-state index contributed by atoms with van der Waals surface area (Å²) in [4.78, 5) is 43.1. The van der Waals surface area contributed by atoms with Crippen molar-refractivity contribution in [1.29, 1.82) is 0 Å². The summed E-state index contributed by atoms with van der Waals surface area (Å²) in [6.45, 7) is 1.66. The van der Waals surface area contributed by atoms with Gasteiger partial charge in [-0.25, -0.2) is 4.39 Å². The minimum atomic E-state index is -0.857. The van der Waals surface area contributed by atoms with Gasteiger partial charge in [-0.1, -0.05) is 36.4 Å². The Morgan fingerprint density at radius 3 is 2.65 bits per heavy atom. The molecule has 3 N–H and O–H groups in total. The molecule has 5 rings (SSSR count). The van der Waals surface area contributed by atoms with Gasteiger partial charge in [-0.05, 0) is 60.9 Å². The van der Waals surface area contributed by atoms with Crippen LogP contribution < -0.4 is 16.0 Å². The summed E-state index contributed by atoms with van der Waals surface area (Å²) in [5, 5.41) is 9.85. The highest BCUT2D eigenvalue weighted by Crippen LogP contribution is 2.48. The summed E-state index contributed by atoms with van der Waals surface area (Å²) in [6, 6.07) is 16.6. The zero-order valence-electron chi connectivity index (χ0n) is 20.7. The molecule has 0 spiro atoms. The Kier molecular flexibility index (Phi) is 7.17. The number of halogens is 1. The van der Waals surface area contributed by atoms with Gasteiger partial charge in [-0.15, -0.1) is 0 Å². The summed E-state index contributed by atoms with van der Waals surface area (Å²) in [7, 11) is 0. The number of aromatic nitrogens is 1. The number of pyridine rings is 1. The van der Waals surface area contributed by atoms with E-state index >= 15 is 0 Å². The highest BCUT2D eigenvalue weighted by atomic mass is 19.1. The number of fused-ring (bicyclic) bond motifs is 3. The zero-order chi connectivity index (χ0) is 25.9. The molecule has 1 aromatic heterocycles. The lowest BCUT2D eigenvalue weighted by molar-refractivity contribution is -0.131. The van der Waals surface area contributed by atoms with Crippen molar-refractivity contribution in [3.05, 3.63) is 77.7 Å². The van der Waals surface area contributed by atoms with Crippen LogP contribution in [0.1, 0.15) is 37.4 Å². The van der Waals surface area contributed by atoms with Crippen molar-refractivity contribution in [3.8, 4) is 0 Å². The summed E-state index contributed by atoms with van der Waals surface area (Å²) in [6.07, 6.45) is 2.97. The second-order valence-corrected chi connectivity index (χ2v) is 10.2. The normalized spacial score (nSPS) is 23.0. The van der Waals surface area contributed by atoms with Crippen LogP contribution in [0.4, 0.5) is 4.39 Å². The van der Waals surface area contributed by atoms with Crippen LogP contribution in [0.15, 0.2) is 60.7 Å². The third-order valence-corrected chi connectivity index (χ3v) is 7.65. The van der Waals surface area contributed by atoms with E-state index in [4.69, 9.17) is 0 Å². The number of hydrogen-bond acceptors (Lipinski definition) is 4. The first-order valence-corrected chi connectivity index (χ1v) is 12.8. The van der Waals surface area contributed by atoms with Gasteiger partial charge in [0, 0.05) is 24.8 Å². The Morgan fingerprint density at radius 1 is 1.03 bits per heavy atom. The van der Waals surface area contributed by atoms with Gasteiger partial charge in [0.1, 0.15) is 11.9 Å². The summed E-state index contributed by atoms with van der Waals surface area (Å²) >= 11 is 0. The third-order valence-electron chi connectivity index (χ3n) is 7.65. The van der Waals surface area contributed by atoms with E-state index in [1.807, 2.05) is 36.4 Å². The molecule has 192 valence electrons. The number of nitrogens with one attached hydrogen (secondary N) is 3. The number of amides is 3. The minimum Gasteiger partial charge on any atom is -0.350 e. The van der Waals surface area contributed by atoms with Gasteiger partial charge in [0.15, 0.2) is 0 Å². The zero-order valence-corrected chi connectivity index (χ0v) is 20.7. The fourth-order valence-electron chi connectivity index (χ4n) is 6.00. The fourth-order valence-corrected chi connectivity index (χ4v) is 6.00. The van der Waals surface area contributed by atoms with Crippen LogP contribution in [0, 0.1) is 23.6 Å². The Morgan fingerprint density at radius 2 is 1.84 bits per heavy atom. The molecular formula is C29H31FN4O3. The van der Waals surface area contributed by atoms with Crippen LogP contribution in [0.25, 0.3) is 10.9 Å².